The Labute approximate surface area is 121 Å². The minimum atomic E-state index is 0.668. The maximum Gasteiger partial charge on any atom is 0.0736 e. The highest BCUT2D eigenvalue weighted by Crippen LogP contribution is 2.39. The van der Waals surface area contributed by atoms with E-state index in [-0.39, 0.29) is 0 Å². The molecule has 2 nitrogen and oxygen atoms in total. The van der Waals surface area contributed by atoms with E-state index in [0.717, 1.165) is 19.0 Å². The molecule has 1 aromatic carbocycles. The van der Waals surface area contributed by atoms with Gasteiger partial charge < -0.3 is 5.32 Å². The van der Waals surface area contributed by atoms with Gasteiger partial charge in [0.1, 0.15) is 0 Å². The molecular formula is C18H24N2. The zero-order valence-electron chi connectivity index (χ0n) is 12.3. The maximum absolute atomic E-state index is 4.65. The third kappa shape index (κ3) is 2.71. The Morgan fingerprint density at radius 2 is 2.00 bits per heavy atom. The molecule has 3 rings (SSSR count). The predicted octanol–water partition coefficient (Wildman–Crippen LogP) is 4.12. The molecule has 1 heterocycles. The minimum Gasteiger partial charge on any atom is -0.317 e. The lowest BCUT2D eigenvalue weighted by Gasteiger charge is -2.32. The molecule has 2 unspecified atom stereocenters. The summed E-state index contributed by atoms with van der Waals surface area (Å²) >= 11 is 0. The molecule has 1 fully saturated rings. The van der Waals surface area contributed by atoms with Crippen LogP contribution in [0.3, 0.4) is 0 Å². The zero-order chi connectivity index (χ0) is 13.8. The number of pyridine rings is 1. The van der Waals surface area contributed by atoms with Gasteiger partial charge in [-0.1, -0.05) is 44.0 Å². The summed E-state index contributed by atoms with van der Waals surface area (Å²) in [5.41, 5.74) is 2.68. The van der Waals surface area contributed by atoms with Crippen molar-refractivity contribution < 1.29 is 0 Å². The Morgan fingerprint density at radius 3 is 2.90 bits per heavy atom. The lowest BCUT2D eigenvalue weighted by atomic mass is 9.75. The van der Waals surface area contributed by atoms with Crippen LogP contribution >= 0.6 is 0 Å². The van der Waals surface area contributed by atoms with E-state index in [9.17, 15) is 0 Å². The van der Waals surface area contributed by atoms with Crippen molar-refractivity contribution in [1.29, 1.82) is 0 Å². The quantitative estimate of drug-likeness (QED) is 0.902. The number of rotatable bonds is 4. The second-order valence-corrected chi connectivity index (χ2v) is 5.88. The van der Waals surface area contributed by atoms with E-state index >= 15 is 0 Å². The van der Waals surface area contributed by atoms with Gasteiger partial charge in [0.05, 0.1) is 5.52 Å². The van der Waals surface area contributed by atoms with E-state index in [1.165, 1.54) is 42.1 Å². The van der Waals surface area contributed by atoms with Crippen molar-refractivity contribution in [1.82, 2.24) is 10.3 Å². The van der Waals surface area contributed by atoms with Gasteiger partial charge >= 0.3 is 0 Å². The molecule has 1 aliphatic rings. The van der Waals surface area contributed by atoms with E-state index in [2.05, 4.69) is 41.5 Å². The number of nitrogens with zero attached hydrogens (tertiary/aromatic N) is 1. The molecule has 0 amide bonds. The Morgan fingerprint density at radius 1 is 1.15 bits per heavy atom. The Hall–Kier alpha value is -1.41. The normalized spacial score (nSPS) is 23.1. The summed E-state index contributed by atoms with van der Waals surface area (Å²) in [4.78, 5) is 4.65. The van der Waals surface area contributed by atoms with Gasteiger partial charge in [-0.05, 0) is 49.4 Å². The highest BCUT2D eigenvalue weighted by molar-refractivity contribution is 5.82. The fraction of sp³-hybridized carbons (Fsp3) is 0.500. The molecular weight excluding hydrogens is 244 g/mol. The summed E-state index contributed by atoms with van der Waals surface area (Å²) in [6.07, 6.45) is 7.32. The SMILES string of the molecule is CCNCC1CCCCC1c1cccc2cccnc12. The third-order valence-corrected chi connectivity index (χ3v) is 4.63. The van der Waals surface area contributed by atoms with Crippen LogP contribution in [-0.4, -0.2) is 18.1 Å². The highest BCUT2D eigenvalue weighted by Gasteiger charge is 2.27. The van der Waals surface area contributed by atoms with E-state index in [4.69, 9.17) is 0 Å². The van der Waals surface area contributed by atoms with Crippen LogP contribution in [0.5, 0.6) is 0 Å². The summed E-state index contributed by atoms with van der Waals surface area (Å²) < 4.78 is 0. The summed E-state index contributed by atoms with van der Waals surface area (Å²) in [5.74, 6) is 1.43. The molecule has 106 valence electrons. The van der Waals surface area contributed by atoms with Crippen LogP contribution in [0.2, 0.25) is 0 Å². The Balaban J connectivity index is 1.95. The second-order valence-electron chi connectivity index (χ2n) is 5.88. The molecule has 1 aromatic heterocycles. The first kappa shape index (κ1) is 13.6. The number of fused-ring (bicyclic) bond motifs is 1. The first-order chi connectivity index (χ1) is 9.90. The van der Waals surface area contributed by atoms with Gasteiger partial charge in [0.25, 0.3) is 0 Å². The van der Waals surface area contributed by atoms with Crippen molar-refractivity contribution in [3.05, 3.63) is 42.1 Å². The number of aromatic nitrogens is 1. The summed E-state index contributed by atoms with van der Waals surface area (Å²) in [6.45, 7) is 4.40. The van der Waals surface area contributed by atoms with Crippen LogP contribution in [0, 0.1) is 5.92 Å². The minimum absolute atomic E-state index is 0.668. The van der Waals surface area contributed by atoms with Crippen molar-refractivity contribution in [3.63, 3.8) is 0 Å². The molecule has 2 atom stereocenters. The van der Waals surface area contributed by atoms with Gasteiger partial charge in [-0.15, -0.1) is 0 Å². The third-order valence-electron chi connectivity index (χ3n) is 4.63. The molecule has 1 aliphatic carbocycles. The largest absolute Gasteiger partial charge is 0.317 e. The molecule has 20 heavy (non-hydrogen) atoms. The van der Waals surface area contributed by atoms with Gasteiger partial charge in [0.15, 0.2) is 0 Å². The van der Waals surface area contributed by atoms with E-state index in [1.807, 2.05) is 12.3 Å². The standard InChI is InChI=1S/C18H24N2/c1-2-19-13-15-7-3-4-10-16(15)17-11-5-8-14-9-6-12-20-18(14)17/h5-6,8-9,11-12,15-16,19H,2-4,7,10,13H2,1H3. The fourth-order valence-electron chi connectivity index (χ4n) is 3.62. The van der Waals surface area contributed by atoms with Crippen molar-refractivity contribution in [3.8, 4) is 0 Å². The highest BCUT2D eigenvalue weighted by atomic mass is 14.8. The molecule has 2 aromatic rings. The summed E-state index contributed by atoms with van der Waals surface area (Å²) in [7, 11) is 0. The van der Waals surface area contributed by atoms with E-state index < -0.39 is 0 Å². The first-order valence-electron chi connectivity index (χ1n) is 7.94. The van der Waals surface area contributed by atoms with Crippen LogP contribution in [0.4, 0.5) is 0 Å². The average molecular weight is 268 g/mol. The van der Waals surface area contributed by atoms with Gasteiger partial charge in [0, 0.05) is 11.6 Å². The predicted molar refractivity (Wildman–Crippen MR) is 85.0 cm³/mol. The average Bonchev–Trinajstić information content (AvgIpc) is 2.53. The summed E-state index contributed by atoms with van der Waals surface area (Å²) in [6, 6.07) is 10.9. The molecule has 0 aliphatic heterocycles. The number of hydrogen-bond acceptors (Lipinski definition) is 2. The van der Waals surface area contributed by atoms with E-state index in [0.29, 0.717) is 5.92 Å². The molecule has 1 saturated carbocycles. The van der Waals surface area contributed by atoms with Crippen molar-refractivity contribution in [2.45, 2.75) is 38.5 Å². The van der Waals surface area contributed by atoms with E-state index in [1.54, 1.807) is 0 Å². The van der Waals surface area contributed by atoms with Crippen LogP contribution < -0.4 is 5.32 Å². The topological polar surface area (TPSA) is 24.9 Å². The zero-order valence-corrected chi connectivity index (χ0v) is 12.3. The number of hydrogen-bond donors (Lipinski definition) is 1. The van der Waals surface area contributed by atoms with Crippen molar-refractivity contribution >= 4 is 10.9 Å². The maximum atomic E-state index is 4.65. The summed E-state index contributed by atoms with van der Waals surface area (Å²) in [5, 5.41) is 4.82. The molecule has 0 saturated heterocycles. The van der Waals surface area contributed by atoms with Crippen LogP contribution in [0.15, 0.2) is 36.5 Å². The molecule has 0 radical (unpaired) electrons. The van der Waals surface area contributed by atoms with Crippen LogP contribution in [0.25, 0.3) is 10.9 Å². The monoisotopic (exact) mass is 268 g/mol. The number of nitrogens with one attached hydrogen (secondary N) is 1. The number of para-hydroxylation sites is 1. The van der Waals surface area contributed by atoms with Gasteiger partial charge in [-0.25, -0.2) is 0 Å². The second kappa shape index (κ2) is 6.36. The van der Waals surface area contributed by atoms with Crippen molar-refractivity contribution in [2.24, 2.45) is 5.92 Å². The Kier molecular flexibility index (Phi) is 4.31. The van der Waals surface area contributed by atoms with Gasteiger partial charge in [-0.2, -0.15) is 0 Å². The molecule has 1 N–H and O–H groups in total. The van der Waals surface area contributed by atoms with Gasteiger partial charge in [0.2, 0.25) is 0 Å². The lowest BCUT2D eigenvalue weighted by molar-refractivity contribution is 0.298. The molecule has 0 bridgehead atoms. The molecule has 2 heteroatoms. The molecule has 0 spiro atoms. The fourth-order valence-corrected chi connectivity index (χ4v) is 3.62. The van der Waals surface area contributed by atoms with Gasteiger partial charge in [-0.3, -0.25) is 4.98 Å². The van der Waals surface area contributed by atoms with Crippen LogP contribution in [-0.2, 0) is 0 Å². The first-order valence-corrected chi connectivity index (χ1v) is 7.94. The smallest absolute Gasteiger partial charge is 0.0736 e. The Bertz CT molecular complexity index is 559. The lowest BCUT2D eigenvalue weighted by Crippen LogP contribution is -2.29. The van der Waals surface area contributed by atoms with Crippen LogP contribution in [0.1, 0.15) is 44.1 Å². The van der Waals surface area contributed by atoms with Crippen molar-refractivity contribution in [2.75, 3.05) is 13.1 Å². The number of benzene rings is 1.